The fourth-order valence-corrected chi connectivity index (χ4v) is 1.72. The van der Waals surface area contributed by atoms with Crippen molar-refractivity contribution in [2.24, 2.45) is 0 Å². The number of hydrogen-bond donors (Lipinski definition) is 4. The highest BCUT2D eigenvalue weighted by molar-refractivity contribution is 5.73. The van der Waals surface area contributed by atoms with E-state index in [2.05, 4.69) is 4.74 Å². The maximum Gasteiger partial charge on any atom is 0.330 e. The summed E-state index contributed by atoms with van der Waals surface area (Å²) >= 11 is 0. The highest BCUT2D eigenvalue weighted by atomic mass is 19.2. The van der Waals surface area contributed by atoms with Gasteiger partial charge in [0.05, 0.1) is 6.93 Å². The van der Waals surface area contributed by atoms with Crippen molar-refractivity contribution < 1.29 is 30.6 Å². The van der Waals surface area contributed by atoms with Gasteiger partial charge in [-0.2, -0.15) is 0 Å². The normalized spacial score (nSPS) is 37.7. The van der Waals surface area contributed by atoms with Crippen molar-refractivity contribution in [1.82, 2.24) is 9.55 Å². The van der Waals surface area contributed by atoms with Crippen LogP contribution in [0.15, 0.2) is 15.8 Å². The minimum absolute atomic E-state index is 0.0740. The van der Waals surface area contributed by atoms with E-state index in [-0.39, 0.29) is 10.9 Å². The van der Waals surface area contributed by atoms with Gasteiger partial charge in [-0.1, -0.05) is 0 Å². The van der Waals surface area contributed by atoms with E-state index in [1.54, 1.807) is 4.98 Å². The van der Waals surface area contributed by atoms with Crippen LogP contribution in [0.5, 0.6) is 0 Å². The molecule has 1 fully saturated rings. The number of nitrogens with zero attached hydrogens (tertiary/aromatic N) is 1. The summed E-state index contributed by atoms with van der Waals surface area (Å²) in [7, 11) is 0. The van der Waals surface area contributed by atoms with Crippen molar-refractivity contribution in [1.29, 1.82) is 0 Å². The number of aliphatic hydroxyl groups excluding tert-OH is 3. The van der Waals surface area contributed by atoms with E-state index in [1.165, 1.54) is 0 Å². The average molecular weight is 291 g/mol. The van der Waals surface area contributed by atoms with Gasteiger partial charge in [-0.3, -0.25) is 19.1 Å². The van der Waals surface area contributed by atoms with Crippen LogP contribution in [0.2, 0.25) is 0 Å². The van der Waals surface area contributed by atoms with E-state index in [9.17, 15) is 29.0 Å². The molecule has 1 saturated heterocycles. The van der Waals surface area contributed by atoms with E-state index in [1.807, 2.05) is 0 Å². The summed E-state index contributed by atoms with van der Waals surface area (Å²) in [4.78, 5) is 35.3. The molecule has 0 saturated carbocycles. The first-order chi connectivity index (χ1) is 9.69. The Kier molecular flexibility index (Phi) is 3.22. The smallest absolute Gasteiger partial charge is 0.330 e. The van der Waals surface area contributed by atoms with Crippen LogP contribution in [0, 0.1) is 0 Å². The van der Waals surface area contributed by atoms with Crippen molar-refractivity contribution in [2.45, 2.75) is 24.3 Å². The number of aliphatic hydroxyl groups is 3. The lowest BCUT2D eigenvalue weighted by Crippen LogP contribution is -2.42. The summed E-state index contributed by atoms with van der Waals surface area (Å²) in [5.74, 6) is -3.18. The zero-order valence-corrected chi connectivity index (χ0v) is 9.82. The van der Waals surface area contributed by atoms with E-state index >= 15 is 0 Å². The molecule has 110 valence electrons. The Balaban J connectivity index is 2.63. The van der Waals surface area contributed by atoms with Crippen molar-refractivity contribution >= 4 is 6.29 Å². The molecule has 0 aliphatic carbocycles. The molecular formula is C10H11FN2O7. The predicted octanol–water partition coefficient (Wildman–Crippen LogP) is -2.74. The Morgan fingerprint density at radius 2 is 2.25 bits per heavy atom. The number of rotatable bonds is 3. The molecule has 0 aromatic carbocycles. The summed E-state index contributed by atoms with van der Waals surface area (Å²) < 4.78 is 26.6. The van der Waals surface area contributed by atoms with Gasteiger partial charge in [0.2, 0.25) is 0 Å². The summed E-state index contributed by atoms with van der Waals surface area (Å²) in [6.07, 6.45) is -6.81. The largest absolute Gasteiger partial charge is 0.390 e. The first-order valence-corrected chi connectivity index (χ1v) is 5.37. The first kappa shape index (κ1) is 13.1. The highest BCUT2D eigenvalue weighted by Crippen LogP contribution is 2.37. The zero-order valence-electron chi connectivity index (χ0n) is 10.8. The van der Waals surface area contributed by atoms with Crippen LogP contribution in [0.1, 0.15) is 17.9 Å². The maximum atomic E-state index is 14.0. The second-order valence-corrected chi connectivity index (χ2v) is 4.11. The van der Waals surface area contributed by atoms with Gasteiger partial charge >= 0.3 is 5.69 Å². The van der Waals surface area contributed by atoms with Gasteiger partial charge < -0.3 is 20.1 Å². The van der Waals surface area contributed by atoms with E-state index in [4.69, 9.17) is 6.48 Å². The third-order valence-electron chi connectivity index (χ3n) is 2.82. The zero-order chi connectivity index (χ0) is 16.0. The lowest BCUT2D eigenvalue weighted by atomic mass is 10.1. The molecule has 1 aliphatic heterocycles. The third-order valence-corrected chi connectivity index (χ3v) is 2.82. The van der Waals surface area contributed by atoms with Crippen LogP contribution >= 0.6 is 0 Å². The fourth-order valence-electron chi connectivity index (χ4n) is 1.72. The number of ether oxygens (including phenoxy) is 1. The van der Waals surface area contributed by atoms with Crippen LogP contribution in [-0.2, 0) is 4.74 Å². The van der Waals surface area contributed by atoms with Gasteiger partial charge in [0.15, 0.2) is 12.5 Å². The van der Waals surface area contributed by atoms with Gasteiger partial charge in [-0.15, -0.1) is 0 Å². The molecule has 2 rings (SSSR count). The molecule has 0 radical (unpaired) electrons. The van der Waals surface area contributed by atoms with E-state index in [0.717, 1.165) is 0 Å². The number of H-pyrrole nitrogens is 1. The molecule has 1 aromatic rings. The predicted molar refractivity (Wildman–Crippen MR) is 59.8 cm³/mol. The van der Waals surface area contributed by atoms with Crippen LogP contribution < -0.4 is 11.2 Å². The fraction of sp³-hybridized carbons (Fsp3) is 0.500. The molecule has 1 aromatic heterocycles. The van der Waals surface area contributed by atoms with E-state index < -0.39 is 47.7 Å². The number of carbonyl (C=O) groups excluding carboxylic acids is 1. The number of nitrogens with one attached hydrogen (secondary N) is 1. The molecule has 0 unspecified atom stereocenters. The molecular weight excluding hydrogens is 279 g/mol. The molecule has 9 nitrogen and oxygen atoms in total. The number of carbonyl (C=O) groups is 1. The van der Waals surface area contributed by atoms with Crippen LogP contribution in [0.4, 0.5) is 4.39 Å². The van der Waals surface area contributed by atoms with Gasteiger partial charge in [-0.05, 0) is 0 Å². The number of aromatic amines is 1. The minimum Gasteiger partial charge on any atom is -0.390 e. The molecule has 2 heterocycles. The van der Waals surface area contributed by atoms with E-state index in [0.29, 0.717) is 6.20 Å². The van der Waals surface area contributed by atoms with Crippen LogP contribution in [0.3, 0.4) is 0 Å². The lowest BCUT2D eigenvalue weighted by molar-refractivity contribution is -0.207. The Morgan fingerprint density at radius 3 is 2.75 bits per heavy atom. The average Bonchev–Trinajstić information content (AvgIpc) is 2.61. The molecule has 1 aliphatic rings. The van der Waals surface area contributed by atoms with Crippen molar-refractivity contribution in [2.75, 3.05) is 6.61 Å². The summed E-state index contributed by atoms with van der Waals surface area (Å²) in [6.45, 7) is -1.38. The quantitative estimate of drug-likeness (QED) is 0.442. The Labute approximate surface area is 111 Å². The third kappa shape index (κ3) is 2.08. The Hall–Kier alpha value is -1.88. The molecule has 4 atom stereocenters. The molecule has 0 bridgehead atoms. The molecule has 10 heteroatoms. The second kappa shape index (κ2) is 4.90. The van der Waals surface area contributed by atoms with Crippen LogP contribution in [0.25, 0.3) is 0 Å². The van der Waals surface area contributed by atoms with Gasteiger partial charge in [-0.25, -0.2) is 9.18 Å². The van der Waals surface area contributed by atoms with Crippen LogP contribution in [-0.4, -0.2) is 55.8 Å². The summed E-state index contributed by atoms with van der Waals surface area (Å²) in [6, 6.07) is 0. The van der Waals surface area contributed by atoms with Gasteiger partial charge in [0, 0.05) is 6.20 Å². The summed E-state index contributed by atoms with van der Waals surface area (Å²) in [5.41, 5.74) is -2.89. The van der Waals surface area contributed by atoms with Crippen molar-refractivity contribution in [3.63, 3.8) is 0 Å². The van der Waals surface area contributed by atoms with Gasteiger partial charge in [0.25, 0.3) is 11.4 Å². The topological polar surface area (TPSA) is 142 Å². The first-order valence-electron chi connectivity index (χ1n) is 5.87. The standard InChI is InChI=1S/C10H11FN2O7/c11-10(3-15)6(17)5(16)8(20-10)13-1-4(2-14)7(18)12-9(13)19/h1-2,5-6,8,15-17H,3H2,(H,12,18,19)/t5-,6+,8-,10-/m1/s1/i8D. The Bertz CT molecular complexity index is 691. The second-order valence-electron chi connectivity index (χ2n) is 4.11. The van der Waals surface area contributed by atoms with Crippen molar-refractivity contribution in [3.05, 3.63) is 32.6 Å². The molecule has 0 amide bonds. The SMILES string of the molecule is [2H][C@@]1(n2cc(C=O)c(=O)[nH]c2=O)O[C@](F)(CO)[C@@H](O)[C@H]1O. The number of alkyl halides is 1. The number of aromatic nitrogens is 2. The Morgan fingerprint density at radius 1 is 1.60 bits per heavy atom. The number of hydrogen-bond acceptors (Lipinski definition) is 7. The monoisotopic (exact) mass is 291 g/mol. The molecule has 20 heavy (non-hydrogen) atoms. The summed E-state index contributed by atoms with van der Waals surface area (Å²) in [5, 5.41) is 28.1. The molecule has 0 spiro atoms. The van der Waals surface area contributed by atoms with Gasteiger partial charge in [0.1, 0.15) is 18.8 Å². The number of aldehydes is 1. The maximum absolute atomic E-state index is 14.0. The highest BCUT2D eigenvalue weighted by Gasteiger charge is 2.55. The number of halogens is 1. The minimum atomic E-state index is -3.18. The van der Waals surface area contributed by atoms with Crippen molar-refractivity contribution in [3.8, 4) is 0 Å². The lowest BCUT2D eigenvalue weighted by Gasteiger charge is -2.19. The molecule has 4 N–H and O–H groups in total.